The molecule has 2 heterocycles. The molecule has 0 aliphatic carbocycles. The number of fused-ring (bicyclic) bond motifs is 3. The van der Waals surface area contributed by atoms with E-state index in [-0.39, 0.29) is 5.91 Å². The van der Waals surface area contributed by atoms with Crippen molar-refractivity contribution in [1.29, 1.82) is 0 Å². The quantitative estimate of drug-likeness (QED) is 0.624. The average Bonchev–Trinajstić information content (AvgIpc) is 3.10. The third kappa shape index (κ3) is 2.57. The van der Waals surface area contributed by atoms with Crippen LogP contribution in [0.2, 0.25) is 5.02 Å². The molecule has 0 radical (unpaired) electrons. The fourth-order valence-corrected chi connectivity index (χ4v) is 2.77. The van der Waals surface area contributed by atoms with Gasteiger partial charge in [-0.1, -0.05) is 48.0 Å². The van der Waals surface area contributed by atoms with Gasteiger partial charge < -0.3 is 5.32 Å². The van der Waals surface area contributed by atoms with Crippen molar-refractivity contribution in [3.8, 4) is 0 Å². The molecular weight excluding hydrogens is 326 g/mol. The summed E-state index contributed by atoms with van der Waals surface area (Å²) >= 11 is 6.04. The Morgan fingerprint density at radius 1 is 1.12 bits per heavy atom. The molecule has 0 aliphatic heterocycles. The van der Waals surface area contributed by atoms with Crippen molar-refractivity contribution in [2.75, 3.05) is 0 Å². The van der Waals surface area contributed by atoms with E-state index in [2.05, 4.69) is 20.8 Å². The molecule has 0 bridgehead atoms. The summed E-state index contributed by atoms with van der Waals surface area (Å²) in [7, 11) is 0. The van der Waals surface area contributed by atoms with Gasteiger partial charge in [-0.2, -0.15) is 4.52 Å². The Kier molecular flexibility index (Phi) is 3.59. The predicted molar refractivity (Wildman–Crippen MR) is 90.9 cm³/mol. The third-order valence-electron chi connectivity index (χ3n) is 3.77. The number of nitrogens with zero attached hydrogens (tertiary/aromatic N) is 4. The van der Waals surface area contributed by atoms with Crippen molar-refractivity contribution in [3.05, 3.63) is 70.7 Å². The normalized spacial score (nSPS) is 11.0. The lowest BCUT2D eigenvalue weighted by Gasteiger charge is -2.08. The Hall–Kier alpha value is -2.99. The van der Waals surface area contributed by atoms with Crippen molar-refractivity contribution in [1.82, 2.24) is 25.4 Å². The van der Waals surface area contributed by atoms with Crippen LogP contribution >= 0.6 is 11.6 Å². The van der Waals surface area contributed by atoms with Crippen LogP contribution in [0.4, 0.5) is 0 Å². The summed E-state index contributed by atoms with van der Waals surface area (Å²) in [5.74, 6) is -0.226. The van der Waals surface area contributed by atoms with E-state index in [0.29, 0.717) is 22.8 Å². The highest BCUT2D eigenvalue weighted by atomic mass is 35.5. The maximum absolute atomic E-state index is 12.6. The first-order valence-corrected chi connectivity index (χ1v) is 7.73. The molecule has 0 spiro atoms. The van der Waals surface area contributed by atoms with Crippen LogP contribution < -0.4 is 5.32 Å². The van der Waals surface area contributed by atoms with E-state index in [9.17, 15) is 4.79 Å². The first-order valence-electron chi connectivity index (χ1n) is 7.35. The van der Waals surface area contributed by atoms with Crippen molar-refractivity contribution in [2.45, 2.75) is 6.54 Å². The summed E-state index contributed by atoms with van der Waals surface area (Å²) in [6, 6.07) is 16.9. The van der Waals surface area contributed by atoms with Gasteiger partial charge in [0.15, 0.2) is 5.65 Å². The second kappa shape index (κ2) is 5.90. The highest BCUT2D eigenvalue weighted by Gasteiger charge is 2.16. The van der Waals surface area contributed by atoms with Gasteiger partial charge in [-0.3, -0.25) is 4.79 Å². The summed E-state index contributed by atoms with van der Waals surface area (Å²) in [4.78, 5) is 12.6. The minimum atomic E-state index is -0.226. The number of carbonyl (C=O) groups is 1. The number of benzene rings is 2. The zero-order valence-electron chi connectivity index (χ0n) is 12.5. The van der Waals surface area contributed by atoms with Gasteiger partial charge in [-0.15, -0.1) is 5.10 Å². The zero-order chi connectivity index (χ0) is 16.5. The molecule has 4 rings (SSSR count). The third-order valence-corrected chi connectivity index (χ3v) is 4.01. The van der Waals surface area contributed by atoms with Gasteiger partial charge in [0.05, 0.1) is 11.1 Å². The van der Waals surface area contributed by atoms with Crippen LogP contribution in [0.15, 0.2) is 54.6 Å². The number of nitrogens with one attached hydrogen (secondary N) is 1. The van der Waals surface area contributed by atoms with Gasteiger partial charge in [-0.25, -0.2) is 0 Å². The summed E-state index contributed by atoms with van der Waals surface area (Å²) in [5.41, 5.74) is 2.59. The first kappa shape index (κ1) is 14.6. The van der Waals surface area contributed by atoms with Crippen LogP contribution in [-0.4, -0.2) is 25.9 Å². The predicted octanol–water partition coefficient (Wildman–Crippen LogP) is 2.86. The molecule has 2 aromatic heterocycles. The monoisotopic (exact) mass is 337 g/mol. The van der Waals surface area contributed by atoms with Crippen molar-refractivity contribution in [2.24, 2.45) is 0 Å². The largest absolute Gasteiger partial charge is 0.348 e. The molecule has 118 valence electrons. The van der Waals surface area contributed by atoms with E-state index < -0.39 is 0 Å². The maximum atomic E-state index is 12.6. The van der Waals surface area contributed by atoms with Crippen LogP contribution in [0, 0.1) is 0 Å². The van der Waals surface area contributed by atoms with Gasteiger partial charge in [0.1, 0.15) is 0 Å². The highest BCUT2D eigenvalue weighted by molar-refractivity contribution is 6.31. The molecule has 0 saturated carbocycles. The number of tetrazole rings is 1. The number of halogens is 1. The van der Waals surface area contributed by atoms with E-state index >= 15 is 0 Å². The smallest absolute Gasteiger partial charge is 0.255 e. The molecule has 4 aromatic rings. The molecule has 0 saturated heterocycles. The molecule has 0 aliphatic rings. The van der Waals surface area contributed by atoms with E-state index in [1.165, 1.54) is 4.52 Å². The van der Waals surface area contributed by atoms with Gasteiger partial charge in [-0.05, 0) is 34.2 Å². The lowest BCUT2D eigenvalue weighted by molar-refractivity contribution is 0.0952. The number of carbonyl (C=O) groups excluding carboxylic acids is 1. The lowest BCUT2D eigenvalue weighted by Crippen LogP contribution is -2.23. The van der Waals surface area contributed by atoms with Crippen molar-refractivity contribution in [3.63, 3.8) is 0 Å². The topological polar surface area (TPSA) is 72.2 Å². The molecule has 0 atom stereocenters. The number of amides is 1. The van der Waals surface area contributed by atoms with Crippen LogP contribution in [-0.2, 0) is 6.54 Å². The molecule has 0 unspecified atom stereocenters. The minimum Gasteiger partial charge on any atom is -0.348 e. The highest BCUT2D eigenvalue weighted by Crippen LogP contribution is 2.22. The molecule has 1 N–H and O–H groups in total. The fourth-order valence-electron chi connectivity index (χ4n) is 2.60. The summed E-state index contributed by atoms with van der Waals surface area (Å²) in [6.07, 6.45) is 0. The number of hydrogen-bond donors (Lipinski definition) is 1. The molecule has 2 aromatic carbocycles. The number of hydrogen-bond acceptors (Lipinski definition) is 4. The Labute approximate surface area is 142 Å². The molecule has 24 heavy (non-hydrogen) atoms. The van der Waals surface area contributed by atoms with Crippen LogP contribution in [0.3, 0.4) is 0 Å². The molecular formula is C17H12ClN5O. The number of rotatable bonds is 3. The van der Waals surface area contributed by atoms with Crippen molar-refractivity contribution < 1.29 is 4.79 Å². The van der Waals surface area contributed by atoms with Crippen LogP contribution in [0.1, 0.15) is 15.9 Å². The standard InChI is InChI=1S/C17H12ClN5O/c18-13-7-6-12-8-14(16-20-21-22-23(16)15(12)9-13)17(24)19-10-11-4-2-1-3-5-11/h1-9H,10H2,(H,19,24). The van der Waals surface area contributed by atoms with Crippen LogP contribution in [0.5, 0.6) is 0 Å². The Morgan fingerprint density at radius 2 is 1.96 bits per heavy atom. The Morgan fingerprint density at radius 3 is 2.79 bits per heavy atom. The summed E-state index contributed by atoms with van der Waals surface area (Å²) in [5, 5.41) is 15.9. The average molecular weight is 338 g/mol. The van der Waals surface area contributed by atoms with E-state index in [0.717, 1.165) is 16.5 Å². The summed E-state index contributed by atoms with van der Waals surface area (Å²) < 4.78 is 1.53. The molecule has 0 fully saturated rings. The fraction of sp³-hybridized carbons (Fsp3) is 0.0588. The van der Waals surface area contributed by atoms with E-state index in [1.54, 1.807) is 18.2 Å². The maximum Gasteiger partial charge on any atom is 0.255 e. The Balaban J connectivity index is 1.73. The molecule has 1 amide bonds. The van der Waals surface area contributed by atoms with E-state index in [4.69, 9.17) is 11.6 Å². The van der Waals surface area contributed by atoms with E-state index in [1.807, 2.05) is 36.4 Å². The zero-order valence-corrected chi connectivity index (χ0v) is 13.2. The number of aromatic nitrogens is 4. The molecule has 7 heteroatoms. The molecule has 6 nitrogen and oxygen atoms in total. The number of pyridine rings is 1. The Bertz CT molecular complexity index is 1040. The lowest BCUT2D eigenvalue weighted by atomic mass is 10.1. The van der Waals surface area contributed by atoms with Gasteiger partial charge in [0, 0.05) is 17.0 Å². The van der Waals surface area contributed by atoms with Crippen LogP contribution in [0.25, 0.3) is 16.6 Å². The first-order chi connectivity index (χ1) is 11.7. The second-order valence-electron chi connectivity index (χ2n) is 5.34. The van der Waals surface area contributed by atoms with Crippen molar-refractivity contribution >= 4 is 34.1 Å². The van der Waals surface area contributed by atoms with Gasteiger partial charge in [0.25, 0.3) is 5.91 Å². The van der Waals surface area contributed by atoms with Gasteiger partial charge >= 0.3 is 0 Å². The second-order valence-corrected chi connectivity index (χ2v) is 5.78. The minimum absolute atomic E-state index is 0.226. The summed E-state index contributed by atoms with van der Waals surface area (Å²) in [6.45, 7) is 0.437. The SMILES string of the molecule is O=C(NCc1ccccc1)c1cc2ccc(Cl)cc2n2nnnc12. The van der Waals surface area contributed by atoms with Gasteiger partial charge in [0.2, 0.25) is 0 Å².